The van der Waals surface area contributed by atoms with Crippen LogP contribution >= 0.6 is 0 Å². The predicted molar refractivity (Wildman–Crippen MR) is 110 cm³/mol. The van der Waals surface area contributed by atoms with E-state index in [1.807, 2.05) is 43.3 Å². The van der Waals surface area contributed by atoms with Crippen LogP contribution in [0.5, 0.6) is 0 Å². The van der Waals surface area contributed by atoms with Gasteiger partial charge < -0.3 is 10.2 Å². The quantitative estimate of drug-likeness (QED) is 0.563. The van der Waals surface area contributed by atoms with Crippen molar-refractivity contribution in [2.45, 2.75) is 25.7 Å². The Bertz CT molecular complexity index is 840. The van der Waals surface area contributed by atoms with Crippen LogP contribution in [0.15, 0.2) is 48.5 Å². The summed E-state index contributed by atoms with van der Waals surface area (Å²) in [4.78, 5) is 39.9. The average molecular weight is 379 g/mol. The van der Waals surface area contributed by atoms with Gasteiger partial charge in [0.2, 0.25) is 5.91 Å². The van der Waals surface area contributed by atoms with Crippen LogP contribution < -0.4 is 10.2 Å². The van der Waals surface area contributed by atoms with Gasteiger partial charge in [-0.2, -0.15) is 0 Å². The van der Waals surface area contributed by atoms with Gasteiger partial charge in [-0.3, -0.25) is 19.3 Å². The molecule has 0 atom stereocenters. The van der Waals surface area contributed by atoms with E-state index in [4.69, 9.17) is 0 Å². The Morgan fingerprint density at radius 3 is 2.07 bits per heavy atom. The van der Waals surface area contributed by atoms with Crippen LogP contribution in [0.2, 0.25) is 0 Å². The Labute approximate surface area is 165 Å². The Morgan fingerprint density at radius 1 is 0.893 bits per heavy atom. The number of anilines is 2. The van der Waals surface area contributed by atoms with Crippen molar-refractivity contribution >= 4 is 29.1 Å². The molecule has 0 spiro atoms. The molecule has 3 rings (SSSR count). The maximum absolute atomic E-state index is 12.3. The summed E-state index contributed by atoms with van der Waals surface area (Å²) in [6.07, 6.45) is 2.60. The maximum Gasteiger partial charge on any atom is 0.261 e. The molecule has 28 heavy (non-hydrogen) atoms. The van der Waals surface area contributed by atoms with Crippen LogP contribution in [0.4, 0.5) is 11.4 Å². The number of carbonyl (C=O) groups is 3. The SMILES string of the molecule is CN(C)c1ccc(NC(=O)CCCCCN2C(=O)c3ccccc3C2=O)cc1. The third kappa shape index (κ3) is 4.39. The second kappa shape index (κ2) is 8.69. The number of benzene rings is 2. The van der Waals surface area contributed by atoms with Gasteiger partial charge in [-0.05, 0) is 49.2 Å². The molecule has 0 fully saturated rings. The standard InChI is InChI=1S/C22H25N3O3/c1-24(2)17-13-11-16(12-14-17)23-20(26)10-4-3-7-15-25-21(27)18-8-5-6-9-19(18)22(25)28/h5-6,8-9,11-14H,3-4,7,10,15H2,1-2H3,(H,23,26). The first-order valence-electron chi connectivity index (χ1n) is 9.50. The second-order valence-electron chi connectivity index (χ2n) is 7.11. The van der Waals surface area contributed by atoms with Crippen molar-refractivity contribution in [2.75, 3.05) is 30.9 Å². The fraction of sp³-hybridized carbons (Fsp3) is 0.318. The Balaban J connectivity index is 1.38. The monoisotopic (exact) mass is 379 g/mol. The van der Waals surface area contributed by atoms with Gasteiger partial charge in [-0.1, -0.05) is 18.6 Å². The van der Waals surface area contributed by atoms with Crippen molar-refractivity contribution in [1.82, 2.24) is 4.90 Å². The lowest BCUT2D eigenvalue weighted by atomic mass is 10.1. The minimum Gasteiger partial charge on any atom is -0.378 e. The molecule has 1 aliphatic rings. The summed E-state index contributed by atoms with van der Waals surface area (Å²) in [5.74, 6) is -0.475. The fourth-order valence-electron chi connectivity index (χ4n) is 3.24. The highest BCUT2D eigenvalue weighted by atomic mass is 16.2. The van der Waals surface area contributed by atoms with Crippen molar-refractivity contribution in [3.63, 3.8) is 0 Å². The summed E-state index contributed by atoms with van der Waals surface area (Å²) in [6.45, 7) is 0.389. The van der Waals surface area contributed by atoms with Crippen LogP contribution in [0.1, 0.15) is 46.4 Å². The molecule has 0 saturated heterocycles. The molecule has 1 aliphatic heterocycles. The minimum absolute atomic E-state index is 0.0293. The molecule has 146 valence electrons. The van der Waals surface area contributed by atoms with E-state index in [2.05, 4.69) is 5.32 Å². The molecular formula is C22H25N3O3. The maximum atomic E-state index is 12.3. The van der Waals surface area contributed by atoms with Gasteiger partial charge in [0, 0.05) is 38.4 Å². The number of imide groups is 1. The number of fused-ring (bicyclic) bond motifs is 1. The number of carbonyl (C=O) groups excluding carboxylic acids is 3. The summed E-state index contributed by atoms with van der Waals surface area (Å²) in [7, 11) is 3.94. The predicted octanol–water partition coefficient (Wildman–Crippen LogP) is 3.55. The zero-order valence-corrected chi connectivity index (χ0v) is 16.3. The number of amides is 3. The van der Waals surface area contributed by atoms with Crippen molar-refractivity contribution in [3.05, 3.63) is 59.7 Å². The first-order valence-corrected chi connectivity index (χ1v) is 9.50. The largest absolute Gasteiger partial charge is 0.378 e. The first kappa shape index (κ1) is 19.6. The highest BCUT2D eigenvalue weighted by molar-refractivity contribution is 6.21. The van der Waals surface area contributed by atoms with Crippen molar-refractivity contribution in [1.29, 1.82) is 0 Å². The highest BCUT2D eigenvalue weighted by Crippen LogP contribution is 2.23. The molecule has 0 unspecified atom stereocenters. The number of rotatable bonds is 8. The summed E-state index contributed by atoms with van der Waals surface area (Å²) in [5, 5.41) is 2.89. The summed E-state index contributed by atoms with van der Waals surface area (Å²) in [6, 6.07) is 14.6. The van der Waals surface area contributed by atoms with Crippen LogP contribution in [0, 0.1) is 0 Å². The molecule has 1 N–H and O–H groups in total. The van der Waals surface area contributed by atoms with E-state index in [1.165, 1.54) is 4.90 Å². The molecule has 0 radical (unpaired) electrons. The lowest BCUT2D eigenvalue weighted by Crippen LogP contribution is -2.30. The van der Waals surface area contributed by atoms with Gasteiger partial charge in [0.25, 0.3) is 11.8 Å². The van der Waals surface area contributed by atoms with Gasteiger partial charge in [0.05, 0.1) is 11.1 Å². The Morgan fingerprint density at radius 2 is 1.50 bits per heavy atom. The molecule has 0 aliphatic carbocycles. The lowest BCUT2D eigenvalue weighted by molar-refractivity contribution is -0.116. The topological polar surface area (TPSA) is 69.7 Å². The normalized spacial score (nSPS) is 12.9. The number of nitrogens with one attached hydrogen (secondary N) is 1. The Hall–Kier alpha value is -3.15. The number of unbranched alkanes of at least 4 members (excludes halogenated alkanes) is 2. The third-order valence-corrected chi connectivity index (χ3v) is 4.83. The van der Waals surface area contributed by atoms with E-state index in [0.717, 1.165) is 17.8 Å². The average Bonchev–Trinajstić information content (AvgIpc) is 2.93. The van der Waals surface area contributed by atoms with E-state index < -0.39 is 0 Å². The molecule has 6 nitrogen and oxygen atoms in total. The van der Waals surface area contributed by atoms with Gasteiger partial charge in [-0.25, -0.2) is 0 Å². The third-order valence-electron chi connectivity index (χ3n) is 4.83. The van der Waals surface area contributed by atoms with E-state index in [-0.39, 0.29) is 17.7 Å². The summed E-state index contributed by atoms with van der Waals surface area (Å²) >= 11 is 0. The zero-order valence-electron chi connectivity index (χ0n) is 16.3. The van der Waals surface area contributed by atoms with Crippen molar-refractivity contribution in [2.24, 2.45) is 0 Å². The fourth-order valence-corrected chi connectivity index (χ4v) is 3.24. The van der Waals surface area contributed by atoms with Gasteiger partial charge in [-0.15, -0.1) is 0 Å². The molecule has 6 heteroatoms. The molecule has 0 bridgehead atoms. The van der Waals surface area contributed by atoms with Gasteiger partial charge >= 0.3 is 0 Å². The van der Waals surface area contributed by atoms with Gasteiger partial charge in [0.1, 0.15) is 0 Å². The van der Waals surface area contributed by atoms with E-state index in [1.54, 1.807) is 24.3 Å². The van der Waals surface area contributed by atoms with Crippen LogP contribution in [-0.4, -0.2) is 43.3 Å². The number of nitrogens with zero attached hydrogens (tertiary/aromatic N) is 2. The van der Waals surface area contributed by atoms with E-state index in [9.17, 15) is 14.4 Å². The molecule has 2 aromatic rings. The first-order chi connectivity index (χ1) is 13.5. The minimum atomic E-state index is -0.223. The molecule has 0 aromatic heterocycles. The van der Waals surface area contributed by atoms with E-state index in [0.29, 0.717) is 36.9 Å². The Kier molecular flexibility index (Phi) is 6.09. The number of hydrogen-bond acceptors (Lipinski definition) is 4. The summed E-state index contributed by atoms with van der Waals surface area (Å²) < 4.78 is 0. The number of hydrogen-bond donors (Lipinski definition) is 1. The molecule has 0 saturated carbocycles. The lowest BCUT2D eigenvalue weighted by Gasteiger charge is -2.14. The zero-order chi connectivity index (χ0) is 20.1. The van der Waals surface area contributed by atoms with Gasteiger partial charge in [0.15, 0.2) is 0 Å². The highest BCUT2D eigenvalue weighted by Gasteiger charge is 2.34. The van der Waals surface area contributed by atoms with E-state index >= 15 is 0 Å². The molecule has 3 amide bonds. The van der Waals surface area contributed by atoms with Crippen LogP contribution in [0.3, 0.4) is 0 Å². The smallest absolute Gasteiger partial charge is 0.261 e. The van der Waals surface area contributed by atoms with Crippen molar-refractivity contribution < 1.29 is 14.4 Å². The van der Waals surface area contributed by atoms with Crippen LogP contribution in [0.25, 0.3) is 0 Å². The molecular weight excluding hydrogens is 354 g/mol. The summed E-state index contributed by atoms with van der Waals surface area (Å²) in [5.41, 5.74) is 2.81. The molecule has 1 heterocycles. The second-order valence-corrected chi connectivity index (χ2v) is 7.11. The van der Waals surface area contributed by atoms with Crippen LogP contribution in [-0.2, 0) is 4.79 Å². The molecule has 2 aromatic carbocycles. The van der Waals surface area contributed by atoms with Crippen molar-refractivity contribution in [3.8, 4) is 0 Å².